The van der Waals surface area contributed by atoms with Gasteiger partial charge in [0.25, 0.3) is 0 Å². The second kappa shape index (κ2) is 5.10. The van der Waals surface area contributed by atoms with Gasteiger partial charge in [0.1, 0.15) is 15.7 Å². The van der Waals surface area contributed by atoms with Crippen LogP contribution >= 0.6 is 22.9 Å². The summed E-state index contributed by atoms with van der Waals surface area (Å²) < 4.78 is 5.53. The standard InChI is InChI=1S/C12H10ClN5OS/c1-6-4-15-11(19-6)9-8(2-3-20-9)17-10-7(13)5-16-12(14)18-10/h2-5H,1H3,(H3,14,16,17,18). The molecule has 0 saturated carbocycles. The Morgan fingerprint density at radius 1 is 1.35 bits per heavy atom. The Morgan fingerprint density at radius 3 is 2.95 bits per heavy atom. The van der Waals surface area contributed by atoms with E-state index in [0.717, 1.165) is 16.3 Å². The highest BCUT2D eigenvalue weighted by molar-refractivity contribution is 7.14. The summed E-state index contributed by atoms with van der Waals surface area (Å²) in [6.45, 7) is 1.85. The summed E-state index contributed by atoms with van der Waals surface area (Å²) in [5.74, 6) is 1.91. The van der Waals surface area contributed by atoms with Crippen LogP contribution in [0.15, 0.2) is 28.3 Å². The minimum atomic E-state index is 0.153. The van der Waals surface area contributed by atoms with E-state index in [1.165, 1.54) is 17.5 Å². The molecule has 0 aliphatic rings. The van der Waals surface area contributed by atoms with Gasteiger partial charge in [-0.1, -0.05) is 11.6 Å². The number of oxazole rings is 1. The van der Waals surface area contributed by atoms with Crippen molar-refractivity contribution < 1.29 is 4.42 Å². The molecule has 0 atom stereocenters. The van der Waals surface area contributed by atoms with Crippen LogP contribution in [0, 0.1) is 6.92 Å². The minimum Gasteiger partial charge on any atom is -0.441 e. The summed E-state index contributed by atoms with van der Waals surface area (Å²) in [6.07, 6.45) is 3.13. The van der Waals surface area contributed by atoms with Crippen molar-refractivity contribution in [2.24, 2.45) is 0 Å². The number of nitrogens with zero attached hydrogens (tertiary/aromatic N) is 3. The number of hydrogen-bond acceptors (Lipinski definition) is 7. The molecular formula is C12H10ClN5OS. The molecule has 0 amide bonds. The van der Waals surface area contributed by atoms with E-state index in [1.54, 1.807) is 6.20 Å². The van der Waals surface area contributed by atoms with Crippen molar-refractivity contribution in [3.8, 4) is 10.8 Å². The lowest BCUT2D eigenvalue weighted by molar-refractivity contribution is 0.544. The molecule has 0 spiro atoms. The number of rotatable bonds is 3. The highest BCUT2D eigenvalue weighted by Crippen LogP contribution is 2.35. The van der Waals surface area contributed by atoms with Crippen LogP contribution in [0.5, 0.6) is 0 Å². The molecule has 102 valence electrons. The molecule has 0 aliphatic carbocycles. The Hall–Kier alpha value is -2.12. The maximum absolute atomic E-state index is 6.04. The Kier molecular flexibility index (Phi) is 3.29. The minimum absolute atomic E-state index is 0.153. The number of hydrogen-bond donors (Lipinski definition) is 2. The fourth-order valence-electron chi connectivity index (χ4n) is 1.63. The van der Waals surface area contributed by atoms with Gasteiger partial charge in [0.05, 0.1) is 18.1 Å². The number of aromatic nitrogens is 3. The topological polar surface area (TPSA) is 89.9 Å². The largest absolute Gasteiger partial charge is 0.441 e. The molecule has 6 nitrogen and oxygen atoms in total. The van der Waals surface area contributed by atoms with Crippen molar-refractivity contribution in [2.45, 2.75) is 6.92 Å². The number of nitrogens with one attached hydrogen (secondary N) is 1. The predicted molar refractivity (Wildman–Crippen MR) is 79.3 cm³/mol. The van der Waals surface area contributed by atoms with Crippen LogP contribution in [0.4, 0.5) is 17.5 Å². The monoisotopic (exact) mass is 307 g/mol. The fraction of sp³-hybridized carbons (Fsp3) is 0.0833. The van der Waals surface area contributed by atoms with Crippen molar-refractivity contribution >= 4 is 40.4 Å². The molecule has 0 unspecified atom stereocenters. The lowest BCUT2D eigenvalue weighted by Gasteiger charge is -2.07. The molecular weight excluding hydrogens is 298 g/mol. The van der Waals surface area contributed by atoms with E-state index in [0.29, 0.717) is 16.7 Å². The molecule has 8 heteroatoms. The lowest BCUT2D eigenvalue weighted by atomic mass is 10.3. The summed E-state index contributed by atoms with van der Waals surface area (Å²) in [5, 5.41) is 5.43. The zero-order chi connectivity index (χ0) is 14.1. The number of thiophene rings is 1. The first kappa shape index (κ1) is 12.9. The van der Waals surface area contributed by atoms with Gasteiger partial charge in [-0.15, -0.1) is 11.3 Å². The van der Waals surface area contributed by atoms with Gasteiger partial charge in [0.15, 0.2) is 5.82 Å². The SMILES string of the molecule is Cc1cnc(-c2sccc2Nc2nc(N)ncc2Cl)o1. The molecule has 20 heavy (non-hydrogen) atoms. The first-order valence-electron chi connectivity index (χ1n) is 5.69. The van der Waals surface area contributed by atoms with Crippen LogP contribution in [0.25, 0.3) is 10.8 Å². The molecule has 3 heterocycles. The third kappa shape index (κ3) is 2.45. The molecule has 3 N–H and O–H groups in total. The van der Waals surface area contributed by atoms with E-state index in [-0.39, 0.29) is 5.95 Å². The van der Waals surface area contributed by atoms with Crippen molar-refractivity contribution in [3.05, 3.63) is 34.6 Å². The second-order valence-electron chi connectivity index (χ2n) is 3.99. The van der Waals surface area contributed by atoms with E-state index in [1.807, 2.05) is 18.4 Å². The molecule has 3 aromatic heterocycles. The zero-order valence-electron chi connectivity index (χ0n) is 10.4. The van der Waals surface area contributed by atoms with E-state index >= 15 is 0 Å². The lowest BCUT2D eigenvalue weighted by Crippen LogP contribution is -2.00. The predicted octanol–water partition coefficient (Wildman–Crippen LogP) is 3.48. The summed E-state index contributed by atoms with van der Waals surface area (Å²) in [6, 6.07) is 1.90. The smallest absolute Gasteiger partial charge is 0.238 e. The van der Waals surface area contributed by atoms with Crippen molar-refractivity contribution in [1.82, 2.24) is 15.0 Å². The summed E-state index contributed by atoms with van der Waals surface area (Å²) in [5.41, 5.74) is 6.36. The second-order valence-corrected chi connectivity index (χ2v) is 5.31. The van der Waals surface area contributed by atoms with Crippen LogP contribution in [0.2, 0.25) is 5.02 Å². The van der Waals surface area contributed by atoms with E-state index < -0.39 is 0 Å². The molecule has 0 aliphatic heterocycles. The molecule has 3 rings (SSSR count). The maximum Gasteiger partial charge on any atom is 0.238 e. The van der Waals surface area contributed by atoms with Gasteiger partial charge < -0.3 is 15.5 Å². The first-order valence-corrected chi connectivity index (χ1v) is 6.94. The quantitative estimate of drug-likeness (QED) is 0.770. The Bertz CT molecular complexity index is 754. The molecule has 0 saturated heterocycles. The van der Waals surface area contributed by atoms with Gasteiger partial charge in [-0.3, -0.25) is 0 Å². The maximum atomic E-state index is 6.04. The van der Waals surface area contributed by atoms with Crippen molar-refractivity contribution in [1.29, 1.82) is 0 Å². The Balaban J connectivity index is 1.96. The van der Waals surface area contributed by atoms with Crippen LogP contribution in [0.1, 0.15) is 5.76 Å². The van der Waals surface area contributed by atoms with E-state index in [4.69, 9.17) is 21.8 Å². The highest BCUT2D eigenvalue weighted by Gasteiger charge is 2.14. The number of anilines is 3. The first-order chi connectivity index (χ1) is 9.63. The Morgan fingerprint density at radius 2 is 2.20 bits per heavy atom. The van der Waals surface area contributed by atoms with Gasteiger partial charge in [-0.2, -0.15) is 4.98 Å². The summed E-state index contributed by atoms with van der Waals surface area (Å²) >= 11 is 7.55. The molecule has 0 bridgehead atoms. The van der Waals surface area contributed by atoms with Gasteiger partial charge in [0.2, 0.25) is 11.8 Å². The van der Waals surface area contributed by atoms with Crippen LogP contribution in [-0.2, 0) is 0 Å². The zero-order valence-corrected chi connectivity index (χ0v) is 12.0. The van der Waals surface area contributed by atoms with E-state index in [9.17, 15) is 0 Å². The van der Waals surface area contributed by atoms with Crippen molar-refractivity contribution in [3.63, 3.8) is 0 Å². The van der Waals surface area contributed by atoms with Crippen LogP contribution in [0.3, 0.4) is 0 Å². The third-order valence-corrected chi connectivity index (χ3v) is 3.68. The number of halogens is 1. The average Bonchev–Trinajstić information content (AvgIpc) is 3.02. The highest BCUT2D eigenvalue weighted by atomic mass is 35.5. The van der Waals surface area contributed by atoms with Gasteiger partial charge >= 0.3 is 0 Å². The molecule has 0 aromatic carbocycles. The summed E-state index contributed by atoms with van der Waals surface area (Å²) in [7, 11) is 0. The third-order valence-electron chi connectivity index (χ3n) is 2.50. The number of aryl methyl sites for hydroxylation is 1. The normalized spacial score (nSPS) is 10.7. The van der Waals surface area contributed by atoms with Crippen LogP contribution in [-0.4, -0.2) is 15.0 Å². The fourth-order valence-corrected chi connectivity index (χ4v) is 2.55. The summed E-state index contributed by atoms with van der Waals surface area (Å²) in [4.78, 5) is 13.0. The van der Waals surface area contributed by atoms with Gasteiger partial charge in [-0.05, 0) is 18.4 Å². The van der Waals surface area contributed by atoms with E-state index in [2.05, 4.69) is 20.3 Å². The molecule has 0 radical (unpaired) electrons. The molecule has 3 aromatic rings. The van der Waals surface area contributed by atoms with Crippen molar-refractivity contribution in [2.75, 3.05) is 11.1 Å². The number of nitrogen functional groups attached to an aromatic ring is 1. The molecule has 0 fully saturated rings. The van der Waals surface area contributed by atoms with Gasteiger partial charge in [-0.25, -0.2) is 9.97 Å². The Labute approximate surface area is 123 Å². The van der Waals surface area contributed by atoms with Crippen LogP contribution < -0.4 is 11.1 Å². The number of nitrogens with two attached hydrogens (primary N) is 1. The average molecular weight is 308 g/mol. The van der Waals surface area contributed by atoms with Gasteiger partial charge in [0, 0.05) is 0 Å².